The summed E-state index contributed by atoms with van der Waals surface area (Å²) in [6.45, 7) is 5.88. The highest BCUT2D eigenvalue weighted by atomic mass is 35.5. The molecule has 1 aromatic heterocycles. The van der Waals surface area contributed by atoms with Gasteiger partial charge in [-0.3, -0.25) is 10.2 Å². The van der Waals surface area contributed by atoms with E-state index in [0.29, 0.717) is 15.2 Å². The minimum absolute atomic E-state index is 0.0338. The Kier molecular flexibility index (Phi) is 5.14. The van der Waals surface area contributed by atoms with E-state index < -0.39 is 5.91 Å². The molecule has 0 unspecified atom stereocenters. The Hall–Kier alpha value is -2.35. The zero-order valence-electron chi connectivity index (χ0n) is 16.0. The molecule has 9 heteroatoms. The fourth-order valence-electron chi connectivity index (χ4n) is 3.33. The molecule has 0 atom stereocenters. The number of hydrogen-bond donors (Lipinski definition) is 1. The lowest BCUT2D eigenvalue weighted by atomic mass is 10.1. The average Bonchev–Trinajstić information content (AvgIpc) is 3.18. The Bertz CT molecular complexity index is 1140. The summed E-state index contributed by atoms with van der Waals surface area (Å²) in [5.41, 5.74) is 3.71. The molecule has 0 spiro atoms. The van der Waals surface area contributed by atoms with Gasteiger partial charge in [0.25, 0.3) is 5.91 Å². The third kappa shape index (κ3) is 3.54. The van der Waals surface area contributed by atoms with Crippen molar-refractivity contribution in [1.82, 2.24) is 9.58 Å². The lowest BCUT2D eigenvalue weighted by Gasteiger charge is -2.20. The van der Waals surface area contributed by atoms with Gasteiger partial charge in [0.05, 0.1) is 5.57 Å². The summed E-state index contributed by atoms with van der Waals surface area (Å²) < 4.78 is 2.01. The van der Waals surface area contributed by atoms with Crippen LogP contribution in [0.25, 0.3) is 11.8 Å². The van der Waals surface area contributed by atoms with Crippen molar-refractivity contribution in [3.05, 3.63) is 56.8 Å². The second-order valence-electron chi connectivity index (χ2n) is 6.66. The predicted octanol–water partition coefficient (Wildman–Crippen LogP) is 5.43. The first kappa shape index (κ1) is 19.9. The van der Waals surface area contributed by atoms with Crippen LogP contribution >= 0.6 is 35.0 Å². The van der Waals surface area contributed by atoms with Gasteiger partial charge in [-0.2, -0.15) is 15.1 Å². The van der Waals surface area contributed by atoms with Crippen LogP contribution in [0.2, 0.25) is 10.0 Å². The molecule has 1 amide bonds. The second-order valence-corrected chi connectivity index (χ2v) is 8.57. The van der Waals surface area contributed by atoms with Crippen LogP contribution in [-0.2, 0) is 4.79 Å². The van der Waals surface area contributed by atoms with E-state index in [1.165, 1.54) is 16.8 Å². The highest BCUT2D eigenvalue weighted by molar-refractivity contribution is 8.26. The fourth-order valence-corrected chi connectivity index (χ4v) is 4.67. The highest BCUT2D eigenvalue weighted by Gasteiger charge is 2.35. The number of rotatable bonds is 3. The molecule has 2 aromatic rings. The van der Waals surface area contributed by atoms with E-state index in [-0.39, 0.29) is 11.4 Å². The van der Waals surface area contributed by atoms with Gasteiger partial charge in [0, 0.05) is 27.1 Å². The third-order valence-electron chi connectivity index (χ3n) is 4.67. The summed E-state index contributed by atoms with van der Waals surface area (Å²) in [6.07, 6.45) is 2.42. The van der Waals surface area contributed by atoms with E-state index in [0.717, 1.165) is 34.1 Å². The quantitative estimate of drug-likeness (QED) is 0.639. The maximum absolute atomic E-state index is 12.6. The van der Waals surface area contributed by atoms with Crippen LogP contribution < -0.4 is 0 Å². The number of hydrogen-bond acceptors (Lipinski definition) is 4. The number of thioether (sulfide) groups is 1. The van der Waals surface area contributed by atoms with Crippen molar-refractivity contribution >= 4 is 63.0 Å². The van der Waals surface area contributed by atoms with Crippen molar-refractivity contribution in [3.63, 3.8) is 0 Å². The van der Waals surface area contributed by atoms with E-state index in [1.807, 2.05) is 43.5 Å². The molecule has 29 heavy (non-hydrogen) atoms. The topological polar surface area (TPSA) is 73.8 Å². The largest absolute Gasteiger partial charge is 0.318 e. The standard InChI is InChI=1S/C20H17Cl2N5OS/c1-4-17-25-27-18(23)16(19(28)24-20(27)29-17)6-12-5-10(2)26(11(12)3)15-8-13(21)7-14(22)9-15/h5-9,23H,4H2,1-3H3/b16-6-,23-18?. The Morgan fingerprint density at radius 1 is 1.17 bits per heavy atom. The number of carbonyl (C=O) groups excluding carboxylic acids is 1. The summed E-state index contributed by atoms with van der Waals surface area (Å²) in [6, 6.07) is 7.30. The number of aryl methyl sites for hydroxylation is 1. The van der Waals surface area contributed by atoms with Crippen LogP contribution in [0.3, 0.4) is 0 Å². The van der Waals surface area contributed by atoms with Crippen molar-refractivity contribution in [3.8, 4) is 5.69 Å². The molecule has 2 aliphatic heterocycles. The SMILES string of the molecule is CCC1=NN2C(=N)/C(=C/c3cc(C)n(-c4cc(Cl)cc(Cl)c4)c3C)C(=O)N=C2S1. The number of fused-ring (bicyclic) bond motifs is 1. The van der Waals surface area contributed by atoms with E-state index in [4.69, 9.17) is 28.6 Å². The van der Waals surface area contributed by atoms with E-state index in [2.05, 4.69) is 10.1 Å². The maximum atomic E-state index is 12.6. The summed E-state index contributed by atoms with van der Waals surface area (Å²) >= 11 is 13.7. The first-order valence-electron chi connectivity index (χ1n) is 8.93. The number of aliphatic imine (C=N–C) groups is 1. The molecule has 3 heterocycles. The number of carbonyl (C=O) groups is 1. The Morgan fingerprint density at radius 3 is 2.52 bits per heavy atom. The van der Waals surface area contributed by atoms with Crippen LogP contribution in [0, 0.1) is 19.3 Å². The molecular weight excluding hydrogens is 429 g/mol. The van der Waals surface area contributed by atoms with Crippen molar-refractivity contribution in [2.24, 2.45) is 10.1 Å². The number of amides is 1. The molecule has 4 rings (SSSR count). The van der Waals surface area contributed by atoms with Gasteiger partial charge in [-0.25, -0.2) is 0 Å². The van der Waals surface area contributed by atoms with E-state index in [1.54, 1.807) is 12.1 Å². The monoisotopic (exact) mass is 445 g/mol. The maximum Gasteiger partial charge on any atom is 0.283 e. The van der Waals surface area contributed by atoms with Crippen LogP contribution in [-0.4, -0.2) is 31.5 Å². The zero-order valence-corrected chi connectivity index (χ0v) is 18.3. The van der Waals surface area contributed by atoms with Gasteiger partial charge in [-0.15, -0.1) is 0 Å². The van der Waals surface area contributed by atoms with Gasteiger partial charge in [0.2, 0.25) is 5.17 Å². The van der Waals surface area contributed by atoms with Crippen molar-refractivity contribution in [2.75, 3.05) is 0 Å². The van der Waals surface area contributed by atoms with Crippen LogP contribution in [0.5, 0.6) is 0 Å². The molecule has 1 aromatic carbocycles. The summed E-state index contributed by atoms with van der Waals surface area (Å²) in [5, 5.41) is 16.6. The predicted molar refractivity (Wildman–Crippen MR) is 121 cm³/mol. The second kappa shape index (κ2) is 7.48. The lowest BCUT2D eigenvalue weighted by Crippen LogP contribution is -2.35. The molecule has 0 saturated carbocycles. The van der Waals surface area contributed by atoms with Gasteiger partial charge in [-0.05, 0) is 67.9 Å². The third-order valence-corrected chi connectivity index (χ3v) is 6.16. The Labute approximate surface area is 182 Å². The molecule has 0 bridgehead atoms. The number of nitrogens with zero attached hydrogens (tertiary/aromatic N) is 4. The first-order chi connectivity index (χ1) is 13.8. The highest BCUT2D eigenvalue weighted by Crippen LogP contribution is 2.31. The van der Waals surface area contributed by atoms with Crippen molar-refractivity contribution in [2.45, 2.75) is 27.2 Å². The van der Waals surface area contributed by atoms with Crippen molar-refractivity contribution < 1.29 is 4.79 Å². The number of aromatic nitrogens is 1. The first-order valence-corrected chi connectivity index (χ1v) is 10.5. The number of benzene rings is 1. The molecular formula is C20H17Cl2N5OS. The minimum atomic E-state index is -0.433. The fraction of sp³-hybridized carbons (Fsp3) is 0.200. The molecule has 0 aliphatic carbocycles. The van der Waals surface area contributed by atoms with Crippen LogP contribution in [0.1, 0.15) is 30.3 Å². The minimum Gasteiger partial charge on any atom is -0.318 e. The molecule has 1 N–H and O–H groups in total. The summed E-state index contributed by atoms with van der Waals surface area (Å²) in [5.74, 6) is -0.400. The van der Waals surface area contributed by atoms with Crippen LogP contribution in [0.4, 0.5) is 0 Å². The molecule has 2 aliphatic rings. The van der Waals surface area contributed by atoms with E-state index >= 15 is 0 Å². The number of hydrazone groups is 1. The molecule has 0 fully saturated rings. The van der Waals surface area contributed by atoms with Gasteiger partial charge in [0.1, 0.15) is 5.04 Å². The average molecular weight is 446 g/mol. The Balaban J connectivity index is 1.77. The Morgan fingerprint density at radius 2 is 1.86 bits per heavy atom. The zero-order chi connectivity index (χ0) is 20.9. The lowest BCUT2D eigenvalue weighted by molar-refractivity contribution is -0.114. The molecule has 6 nitrogen and oxygen atoms in total. The molecule has 0 saturated heterocycles. The number of halogens is 2. The normalized spacial score (nSPS) is 17.7. The van der Waals surface area contributed by atoms with Crippen molar-refractivity contribution in [1.29, 1.82) is 5.41 Å². The van der Waals surface area contributed by atoms with Gasteiger partial charge in [-0.1, -0.05) is 30.1 Å². The molecule has 0 radical (unpaired) electrons. The summed E-state index contributed by atoms with van der Waals surface area (Å²) in [4.78, 5) is 16.7. The van der Waals surface area contributed by atoms with Crippen LogP contribution in [0.15, 0.2) is 39.9 Å². The number of amidine groups is 2. The molecule has 148 valence electrons. The van der Waals surface area contributed by atoms with Gasteiger partial charge < -0.3 is 4.57 Å². The smallest absolute Gasteiger partial charge is 0.283 e. The van der Waals surface area contributed by atoms with E-state index in [9.17, 15) is 4.79 Å². The summed E-state index contributed by atoms with van der Waals surface area (Å²) in [7, 11) is 0. The van der Waals surface area contributed by atoms with Gasteiger partial charge >= 0.3 is 0 Å². The number of nitrogens with one attached hydrogen (secondary N) is 1. The van der Waals surface area contributed by atoms with Gasteiger partial charge in [0.15, 0.2) is 5.84 Å².